The minimum Gasteiger partial charge on any atom is -0.372 e. The topological polar surface area (TPSA) is 18.5 Å². The minimum absolute atomic E-state index is 0.831. The molecule has 1 aromatic rings. The van der Waals surface area contributed by atoms with Gasteiger partial charge in [0.1, 0.15) is 0 Å². The highest BCUT2D eigenvalue weighted by Gasteiger charge is 2.11. The van der Waals surface area contributed by atoms with Crippen molar-refractivity contribution in [1.29, 1.82) is 0 Å². The molecular weight excluding hydrogens is 258 g/mol. The van der Waals surface area contributed by atoms with Crippen molar-refractivity contribution < 1.29 is 0 Å². The smallest absolute Gasteiger partial charge is 0.0642 e. The van der Waals surface area contributed by atoms with E-state index >= 15 is 0 Å². The second-order valence-corrected chi connectivity index (χ2v) is 5.56. The number of para-hydroxylation sites is 1. The van der Waals surface area contributed by atoms with Crippen LogP contribution < -0.4 is 10.2 Å². The molecule has 108 valence electrons. The monoisotopic (exact) mass is 283 g/mol. The Hall–Kier alpha value is -0.770. The average Bonchev–Trinajstić information content (AvgIpc) is 2.36. The van der Waals surface area contributed by atoms with Gasteiger partial charge in [-0.05, 0) is 38.7 Å². The fraction of sp³-hybridized carbons (Fsp3) is 0.600. The van der Waals surface area contributed by atoms with Crippen LogP contribution in [0.3, 0.4) is 0 Å². The predicted octanol–water partition coefficient (Wildman–Crippen LogP) is 2.84. The Kier molecular flexibility index (Phi) is 7.21. The number of hydrogen-bond acceptors (Lipinski definition) is 3. The van der Waals surface area contributed by atoms with Crippen molar-refractivity contribution in [2.24, 2.45) is 0 Å². The molecule has 0 aliphatic carbocycles. The summed E-state index contributed by atoms with van der Waals surface area (Å²) in [5, 5.41) is 4.27. The molecule has 19 heavy (non-hydrogen) atoms. The van der Waals surface area contributed by atoms with Crippen LogP contribution in [0, 0.1) is 0 Å². The highest BCUT2D eigenvalue weighted by molar-refractivity contribution is 6.33. The normalized spacial score (nSPS) is 11.1. The van der Waals surface area contributed by atoms with E-state index in [2.05, 4.69) is 49.2 Å². The lowest BCUT2D eigenvalue weighted by atomic mass is 10.1. The van der Waals surface area contributed by atoms with E-state index in [0.29, 0.717) is 0 Å². The molecule has 0 unspecified atom stereocenters. The van der Waals surface area contributed by atoms with E-state index in [1.54, 1.807) is 0 Å². The van der Waals surface area contributed by atoms with Crippen LogP contribution in [-0.4, -0.2) is 45.7 Å². The van der Waals surface area contributed by atoms with Gasteiger partial charge in [-0.3, -0.25) is 0 Å². The SMILES string of the molecule is CCCNCc1cccc(Cl)c1N(C)CCN(C)C. The lowest BCUT2D eigenvalue weighted by molar-refractivity contribution is 0.416. The highest BCUT2D eigenvalue weighted by Crippen LogP contribution is 2.29. The number of hydrogen-bond donors (Lipinski definition) is 1. The summed E-state index contributed by atoms with van der Waals surface area (Å²) in [6, 6.07) is 6.14. The molecule has 0 aliphatic heterocycles. The number of halogens is 1. The summed E-state index contributed by atoms with van der Waals surface area (Å²) in [4.78, 5) is 4.42. The van der Waals surface area contributed by atoms with Crippen LogP contribution in [0.5, 0.6) is 0 Å². The number of rotatable bonds is 8. The van der Waals surface area contributed by atoms with Crippen molar-refractivity contribution in [3.05, 3.63) is 28.8 Å². The van der Waals surface area contributed by atoms with Gasteiger partial charge in [0.05, 0.1) is 10.7 Å². The third-order valence-electron chi connectivity index (χ3n) is 3.08. The standard InChI is InChI=1S/C15H26ClN3/c1-5-9-17-12-13-7-6-8-14(16)15(13)19(4)11-10-18(2)3/h6-8,17H,5,9-12H2,1-4H3. The van der Waals surface area contributed by atoms with Crippen LogP contribution in [0.2, 0.25) is 5.02 Å². The van der Waals surface area contributed by atoms with Gasteiger partial charge in [-0.2, -0.15) is 0 Å². The maximum atomic E-state index is 6.37. The maximum absolute atomic E-state index is 6.37. The molecule has 0 aliphatic rings. The van der Waals surface area contributed by atoms with Gasteiger partial charge >= 0.3 is 0 Å². The Balaban J connectivity index is 2.78. The Morgan fingerprint density at radius 1 is 1.16 bits per heavy atom. The molecule has 0 fully saturated rings. The fourth-order valence-electron chi connectivity index (χ4n) is 1.99. The fourth-order valence-corrected chi connectivity index (χ4v) is 2.33. The van der Waals surface area contributed by atoms with Gasteiger partial charge in [0.2, 0.25) is 0 Å². The molecule has 4 heteroatoms. The summed E-state index contributed by atoms with van der Waals surface area (Å²) < 4.78 is 0. The molecule has 0 radical (unpaired) electrons. The molecule has 0 amide bonds. The van der Waals surface area contributed by atoms with Crippen LogP contribution in [0.1, 0.15) is 18.9 Å². The van der Waals surface area contributed by atoms with E-state index in [-0.39, 0.29) is 0 Å². The number of nitrogens with zero attached hydrogens (tertiary/aromatic N) is 2. The largest absolute Gasteiger partial charge is 0.372 e. The Labute approximate surface area is 122 Å². The first kappa shape index (κ1) is 16.3. The number of nitrogens with one attached hydrogen (secondary N) is 1. The second kappa shape index (κ2) is 8.41. The Morgan fingerprint density at radius 3 is 2.53 bits per heavy atom. The molecule has 0 saturated carbocycles. The molecule has 1 rings (SSSR count). The molecule has 0 aromatic heterocycles. The Bertz CT molecular complexity index is 380. The summed E-state index contributed by atoms with van der Waals surface area (Å²) in [5.74, 6) is 0. The molecule has 0 spiro atoms. The lowest BCUT2D eigenvalue weighted by Crippen LogP contribution is -2.29. The molecule has 1 N–H and O–H groups in total. The lowest BCUT2D eigenvalue weighted by Gasteiger charge is -2.25. The van der Waals surface area contributed by atoms with Crippen molar-refractivity contribution in [3.8, 4) is 0 Å². The molecule has 0 bridgehead atoms. The highest BCUT2D eigenvalue weighted by atomic mass is 35.5. The predicted molar refractivity (Wildman–Crippen MR) is 85.3 cm³/mol. The van der Waals surface area contributed by atoms with Crippen molar-refractivity contribution in [2.45, 2.75) is 19.9 Å². The van der Waals surface area contributed by atoms with Gasteiger partial charge in [-0.1, -0.05) is 30.7 Å². The minimum atomic E-state index is 0.831. The molecule has 0 saturated heterocycles. The van der Waals surface area contributed by atoms with E-state index < -0.39 is 0 Å². The molecule has 0 heterocycles. The summed E-state index contributed by atoms with van der Waals surface area (Å²) in [6.07, 6.45) is 1.15. The Morgan fingerprint density at radius 2 is 1.89 bits per heavy atom. The van der Waals surface area contributed by atoms with Gasteiger partial charge in [-0.15, -0.1) is 0 Å². The van der Waals surface area contributed by atoms with Crippen LogP contribution in [0.4, 0.5) is 5.69 Å². The number of anilines is 1. The third kappa shape index (κ3) is 5.39. The summed E-state index contributed by atoms with van der Waals surface area (Å²) in [7, 11) is 6.28. The zero-order valence-corrected chi connectivity index (χ0v) is 13.3. The van der Waals surface area contributed by atoms with Gasteiger partial charge in [0.15, 0.2) is 0 Å². The van der Waals surface area contributed by atoms with Gasteiger partial charge in [-0.25, -0.2) is 0 Å². The molecular formula is C15H26ClN3. The van der Waals surface area contributed by atoms with Crippen molar-refractivity contribution in [2.75, 3.05) is 45.7 Å². The first-order valence-electron chi connectivity index (χ1n) is 6.90. The van der Waals surface area contributed by atoms with Gasteiger partial charge in [0.25, 0.3) is 0 Å². The van der Waals surface area contributed by atoms with Crippen LogP contribution in [0.25, 0.3) is 0 Å². The van der Waals surface area contributed by atoms with Gasteiger partial charge < -0.3 is 15.1 Å². The van der Waals surface area contributed by atoms with Gasteiger partial charge in [0, 0.05) is 26.7 Å². The molecule has 1 aromatic carbocycles. The first-order valence-corrected chi connectivity index (χ1v) is 7.28. The summed E-state index contributed by atoms with van der Waals surface area (Å²) >= 11 is 6.37. The second-order valence-electron chi connectivity index (χ2n) is 5.15. The van der Waals surface area contributed by atoms with E-state index in [1.165, 1.54) is 5.56 Å². The van der Waals surface area contributed by atoms with Crippen LogP contribution in [-0.2, 0) is 6.54 Å². The van der Waals surface area contributed by atoms with E-state index in [9.17, 15) is 0 Å². The first-order chi connectivity index (χ1) is 9.06. The maximum Gasteiger partial charge on any atom is 0.0642 e. The van der Waals surface area contributed by atoms with E-state index in [4.69, 9.17) is 11.6 Å². The van der Waals surface area contributed by atoms with E-state index in [1.807, 2.05) is 12.1 Å². The zero-order chi connectivity index (χ0) is 14.3. The molecule has 3 nitrogen and oxygen atoms in total. The van der Waals surface area contributed by atoms with Crippen molar-refractivity contribution in [3.63, 3.8) is 0 Å². The van der Waals surface area contributed by atoms with E-state index in [0.717, 1.165) is 43.3 Å². The van der Waals surface area contributed by atoms with Crippen LogP contribution >= 0.6 is 11.6 Å². The zero-order valence-electron chi connectivity index (χ0n) is 12.5. The quantitative estimate of drug-likeness (QED) is 0.740. The number of benzene rings is 1. The molecule has 0 atom stereocenters. The average molecular weight is 284 g/mol. The third-order valence-corrected chi connectivity index (χ3v) is 3.38. The summed E-state index contributed by atoms with van der Waals surface area (Å²) in [5.41, 5.74) is 2.41. The van der Waals surface area contributed by atoms with Crippen molar-refractivity contribution in [1.82, 2.24) is 10.2 Å². The van der Waals surface area contributed by atoms with Crippen LogP contribution in [0.15, 0.2) is 18.2 Å². The number of likely N-dealkylation sites (N-methyl/N-ethyl adjacent to an activating group) is 2. The summed E-state index contributed by atoms with van der Waals surface area (Å²) in [6.45, 7) is 6.07. The van der Waals surface area contributed by atoms with Crippen molar-refractivity contribution >= 4 is 17.3 Å².